The number of pyridine rings is 1. The van der Waals surface area contributed by atoms with Crippen molar-refractivity contribution in [3.05, 3.63) is 59.3 Å². The third kappa shape index (κ3) is 3.35. The van der Waals surface area contributed by atoms with Crippen LogP contribution in [0.2, 0.25) is 0 Å². The normalized spacial score (nSPS) is 17.8. The molecule has 3 rings (SSSR count). The average Bonchev–Trinajstić information content (AvgIpc) is 2.88. The molecule has 5 nitrogen and oxygen atoms in total. The lowest BCUT2D eigenvalue weighted by molar-refractivity contribution is 0.265. The summed E-state index contributed by atoms with van der Waals surface area (Å²) >= 11 is 1.12. The number of carbonyl (C=O) groups excluding carboxylic acids is 1. The number of benzene rings is 1. The van der Waals surface area contributed by atoms with Crippen LogP contribution in [0.3, 0.4) is 0 Å². The van der Waals surface area contributed by atoms with Gasteiger partial charge in [-0.25, -0.2) is 4.99 Å². The van der Waals surface area contributed by atoms with Gasteiger partial charge >= 0.3 is 0 Å². The summed E-state index contributed by atoms with van der Waals surface area (Å²) in [5.74, 6) is 1.31. The molecular weight excluding hydrogens is 298 g/mol. The van der Waals surface area contributed by atoms with Gasteiger partial charge in [-0.05, 0) is 53.7 Å². The fourth-order valence-electron chi connectivity index (χ4n) is 1.91. The molecule has 110 valence electrons. The summed E-state index contributed by atoms with van der Waals surface area (Å²) in [4.78, 5) is 21.0. The Morgan fingerprint density at radius 1 is 1.27 bits per heavy atom. The van der Waals surface area contributed by atoms with E-state index >= 15 is 0 Å². The molecule has 1 aromatic carbocycles. The molecule has 1 aromatic heterocycles. The molecule has 0 spiro atoms. The average molecular weight is 311 g/mol. The second-order valence-electron chi connectivity index (χ2n) is 4.47. The van der Waals surface area contributed by atoms with Gasteiger partial charge in [0.05, 0.1) is 17.7 Å². The molecule has 1 saturated heterocycles. The number of aliphatic imine (C=N–C) groups is 1. The Morgan fingerprint density at radius 2 is 2.09 bits per heavy atom. The molecule has 0 atom stereocenters. The van der Waals surface area contributed by atoms with E-state index in [1.807, 2.05) is 42.5 Å². The van der Waals surface area contributed by atoms with E-state index in [1.165, 1.54) is 0 Å². The molecule has 2 aromatic rings. The number of hydrogen-bond donors (Lipinski definition) is 1. The SMILES string of the molecule is COc1ccc(N=C2NC(=O)S/C2=C/c2cccnc2)cc1. The van der Waals surface area contributed by atoms with Crippen LogP contribution in [0.4, 0.5) is 10.5 Å². The van der Waals surface area contributed by atoms with Gasteiger partial charge in [0.25, 0.3) is 5.24 Å². The van der Waals surface area contributed by atoms with Crippen LogP contribution in [0.1, 0.15) is 5.56 Å². The number of amidine groups is 1. The smallest absolute Gasteiger partial charge is 0.289 e. The van der Waals surface area contributed by atoms with E-state index in [4.69, 9.17) is 4.74 Å². The fourth-order valence-corrected chi connectivity index (χ4v) is 2.65. The topological polar surface area (TPSA) is 63.6 Å². The number of thioether (sulfide) groups is 1. The van der Waals surface area contributed by atoms with Crippen molar-refractivity contribution in [2.75, 3.05) is 7.11 Å². The maximum atomic E-state index is 11.6. The van der Waals surface area contributed by atoms with Crippen molar-refractivity contribution in [1.29, 1.82) is 0 Å². The van der Waals surface area contributed by atoms with Crippen molar-refractivity contribution >= 4 is 34.6 Å². The van der Waals surface area contributed by atoms with Crippen LogP contribution in [-0.2, 0) is 0 Å². The zero-order valence-electron chi connectivity index (χ0n) is 11.8. The maximum absolute atomic E-state index is 11.6. The number of nitrogens with zero attached hydrogens (tertiary/aromatic N) is 2. The molecular formula is C16H13N3O2S. The molecule has 22 heavy (non-hydrogen) atoms. The Morgan fingerprint density at radius 3 is 2.77 bits per heavy atom. The number of nitrogens with one attached hydrogen (secondary N) is 1. The Balaban J connectivity index is 1.91. The zero-order valence-corrected chi connectivity index (χ0v) is 12.6. The molecule has 0 bridgehead atoms. The first-order valence-electron chi connectivity index (χ1n) is 6.58. The third-order valence-electron chi connectivity index (χ3n) is 2.95. The summed E-state index contributed by atoms with van der Waals surface area (Å²) in [6.07, 6.45) is 5.33. The lowest BCUT2D eigenvalue weighted by Gasteiger charge is -2.01. The third-order valence-corrected chi connectivity index (χ3v) is 3.77. The predicted octanol–water partition coefficient (Wildman–Crippen LogP) is 3.62. The van der Waals surface area contributed by atoms with Gasteiger partial charge in [0.15, 0.2) is 0 Å². The quantitative estimate of drug-likeness (QED) is 0.940. The van der Waals surface area contributed by atoms with Crippen molar-refractivity contribution in [2.45, 2.75) is 0 Å². The standard InChI is InChI=1S/C16H13N3O2S/c1-21-13-6-4-12(5-7-13)18-15-14(22-16(20)19-15)9-11-3-2-8-17-10-11/h2-10H,1H3,(H,18,19,20)/b14-9+. The zero-order chi connectivity index (χ0) is 15.4. The van der Waals surface area contributed by atoms with E-state index in [-0.39, 0.29) is 5.24 Å². The Kier molecular flexibility index (Phi) is 4.20. The first-order chi connectivity index (χ1) is 10.7. The van der Waals surface area contributed by atoms with Crippen LogP contribution >= 0.6 is 11.8 Å². The first-order valence-corrected chi connectivity index (χ1v) is 7.40. The van der Waals surface area contributed by atoms with Crippen LogP contribution in [0, 0.1) is 0 Å². The Labute approximate surface area is 132 Å². The van der Waals surface area contributed by atoms with E-state index in [0.717, 1.165) is 33.7 Å². The molecule has 2 heterocycles. The van der Waals surface area contributed by atoms with E-state index in [9.17, 15) is 4.79 Å². The minimum absolute atomic E-state index is 0.137. The summed E-state index contributed by atoms with van der Waals surface area (Å²) in [7, 11) is 1.61. The highest BCUT2D eigenvalue weighted by molar-refractivity contribution is 8.18. The van der Waals surface area contributed by atoms with Crippen molar-refractivity contribution < 1.29 is 9.53 Å². The van der Waals surface area contributed by atoms with Gasteiger partial charge in [-0.2, -0.15) is 0 Å². The predicted molar refractivity (Wildman–Crippen MR) is 88.4 cm³/mol. The van der Waals surface area contributed by atoms with Crippen LogP contribution in [0.5, 0.6) is 5.75 Å². The lowest BCUT2D eigenvalue weighted by Crippen LogP contribution is -2.18. The van der Waals surface area contributed by atoms with E-state index in [2.05, 4.69) is 15.3 Å². The van der Waals surface area contributed by atoms with Gasteiger partial charge in [-0.1, -0.05) is 6.07 Å². The monoisotopic (exact) mass is 311 g/mol. The van der Waals surface area contributed by atoms with Gasteiger partial charge in [0.2, 0.25) is 0 Å². The van der Waals surface area contributed by atoms with Gasteiger partial charge in [-0.3, -0.25) is 9.78 Å². The summed E-state index contributed by atoms with van der Waals surface area (Å²) < 4.78 is 5.12. The van der Waals surface area contributed by atoms with E-state index in [1.54, 1.807) is 19.5 Å². The molecule has 1 aliphatic heterocycles. The largest absolute Gasteiger partial charge is 0.497 e. The molecule has 6 heteroatoms. The van der Waals surface area contributed by atoms with Crippen molar-refractivity contribution in [2.24, 2.45) is 4.99 Å². The second-order valence-corrected chi connectivity index (χ2v) is 5.48. The van der Waals surface area contributed by atoms with Gasteiger partial charge in [0, 0.05) is 12.4 Å². The van der Waals surface area contributed by atoms with Gasteiger partial charge in [-0.15, -0.1) is 0 Å². The van der Waals surface area contributed by atoms with Gasteiger partial charge < -0.3 is 10.1 Å². The molecule has 1 amide bonds. The van der Waals surface area contributed by atoms with Crippen LogP contribution in [0.15, 0.2) is 58.7 Å². The summed E-state index contributed by atoms with van der Waals surface area (Å²) in [6.45, 7) is 0. The number of amides is 1. The molecule has 0 aliphatic carbocycles. The minimum atomic E-state index is -0.137. The molecule has 1 aliphatic rings. The molecule has 0 unspecified atom stereocenters. The number of carbonyl (C=O) groups is 1. The summed E-state index contributed by atoms with van der Waals surface area (Å²) in [6, 6.07) is 11.1. The van der Waals surface area contributed by atoms with Crippen molar-refractivity contribution in [1.82, 2.24) is 10.3 Å². The Hall–Kier alpha value is -2.60. The second kappa shape index (κ2) is 6.44. The summed E-state index contributed by atoms with van der Waals surface area (Å²) in [5, 5.41) is 2.62. The highest BCUT2D eigenvalue weighted by Crippen LogP contribution is 2.28. The van der Waals surface area contributed by atoms with Crippen molar-refractivity contribution in [3.63, 3.8) is 0 Å². The highest BCUT2D eigenvalue weighted by atomic mass is 32.2. The minimum Gasteiger partial charge on any atom is -0.497 e. The molecule has 0 saturated carbocycles. The summed E-state index contributed by atoms with van der Waals surface area (Å²) in [5.41, 5.74) is 1.67. The molecule has 0 radical (unpaired) electrons. The lowest BCUT2D eigenvalue weighted by atomic mass is 10.2. The van der Waals surface area contributed by atoms with Crippen LogP contribution in [0.25, 0.3) is 6.08 Å². The van der Waals surface area contributed by atoms with E-state index in [0.29, 0.717) is 5.84 Å². The first kappa shape index (κ1) is 14.3. The van der Waals surface area contributed by atoms with E-state index < -0.39 is 0 Å². The van der Waals surface area contributed by atoms with Crippen LogP contribution < -0.4 is 10.1 Å². The highest BCUT2D eigenvalue weighted by Gasteiger charge is 2.23. The molecule has 1 fully saturated rings. The van der Waals surface area contributed by atoms with Crippen molar-refractivity contribution in [3.8, 4) is 5.75 Å². The van der Waals surface area contributed by atoms with Gasteiger partial charge in [0.1, 0.15) is 11.6 Å². The number of hydrogen-bond acceptors (Lipinski definition) is 5. The number of ether oxygens (including phenoxy) is 1. The number of aromatic nitrogens is 1. The maximum Gasteiger partial charge on any atom is 0.289 e. The Bertz CT molecular complexity index is 740. The van der Waals surface area contributed by atoms with Crippen LogP contribution in [-0.4, -0.2) is 23.2 Å². The molecule has 1 N–H and O–H groups in total. The number of rotatable bonds is 3. The fraction of sp³-hybridized carbons (Fsp3) is 0.0625. The number of methoxy groups -OCH3 is 1.